The third-order valence-corrected chi connectivity index (χ3v) is 3.73. The van der Waals surface area contributed by atoms with Crippen molar-refractivity contribution in [3.05, 3.63) is 58.6 Å². The van der Waals surface area contributed by atoms with Gasteiger partial charge in [0, 0.05) is 15.6 Å². The normalized spacial score (nSPS) is 11.0. The summed E-state index contributed by atoms with van der Waals surface area (Å²) < 4.78 is 0.938. The van der Waals surface area contributed by atoms with Crippen molar-refractivity contribution < 1.29 is 9.59 Å². The van der Waals surface area contributed by atoms with Gasteiger partial charge in [-0.3, -0.25) is 9.59 Å². The van der Waals surface area contributed by atoms with E-state index in [2.05, 4.69) is 26.6 Å². The molecule has 0 aliphatic heterocycles. The highest BCUT2D eigenvalue weighted by molar-refractivity contribution is 9.10. The van der Waals surface area contributed by atoms with Gasteiger partial charge in [0.2, 0.25) is 5.91 Å². The predicted molar refractivity (Wildman–Crippen MR) is 96.6 cm³/mol. The molecule has 0 spiro atoms. The van der Waals surface area contributed by atoms with Crippen LogP contribution in [0.4, 0.5) is 11.4 Å². The Balaban J connectivity index is 2.20. The molecule has 0 fully saturated rings. The average molecular weight is 375 g/mol. The number of halogens is 1. The lowest BCUT2D eigenvalue weighted by molar-refractivity contribution is -0.123. The second kappa shape index (κ2) is 6.96. The van der Waals surface area contributed by atoms with Gasteiger partial charge in [-0.05, 0) is 36.4 Å². The van der Waals surface area contributed by atoms with E-state index in [0.717, 1.165) is 4.47 Å². The molecular formula is C18H19BrN2O2. The van der Waals surface area contributed by atoms with Crippen molar-refractivity contribution in [2.24, 2.45) is 5.41 Å². The van der Waals surface area contributed by atoms with Gasteiger partial charge in [0.1, 0.15) is 0 Å². The van der Waals surface area contributed by atoms with Crippen LogP contribution in [0.15, 0.2) is 53.0 Å². The van der Waals surface area contributed by atoms with Crippen LogP contribution in [0.5, 0.6) is 0 Å². The first-order chi connectivity index (χ1) is 10.8. The molecule has 2 aromatic rings. The predicted octanol–water partition coefficient (Wildman–Crippen LogP) is 4.69. The smallest absolute Gasteiger partial charge is 0.257 e. The van der Waals surface area contributed by atoms with Crippen LogP contribution in [0, 0.1) is 5.41 Å². The second-order valence-electron chi connectivity index (χ2n) is 6.21. The van der Waals surface area contributed by atoms with Crippen molar-refractivity contribution in [1.29, 1.82) is 0 Å². The molecule has 5 heteroatoms. The van der Waals surface area contributed by atoms with Crippen molar-refractivity contribution in [3.63, 3.8) is 0 Å². The van der Waals surface area contributed by atoms with Gasteiger partial charge in [0.15, 0.2) is 0 Å². The lowest BCUT2D eigenvalue weighted by Crippen LogP contribution is -2.28. The Morgan fingerprint density at radius 3 is 2.13 bits per heavy atom. The maximum absolute atomic E-state index is 12.5. The zero-order chi connectivity index (χ0) is 17.0. The first-order valence-corrected chi connectivity index (χ1v) is 8.04. The number of carbonyl (C=O) groups excluding carboxylic acids is 2. The van der Waals surface area contributed by atoms with Crippen LogP contribution in [0.3, 0.4) is 0 Å². The minimum atomic E-state index is -0.532. The summed E-state index contributed by atoms with van der Waals surface area (Å²) >= 11 is 3.35. The fourth-order valence-corrected chi connectivity index (χ4v) is 2.10. The fourth-order valence-electron chi connectivity index (χ4n) is 1.83. The van der Waals surface area contributed by atoms with Crippen molar-refractivity contribution in [1.82, 2.24) is 0 Å². The molecule has 0 aromatic heterocycles. The molecule has 120 valence electrons. The number of carbonyl (C=O) groups is 2. The quantitative estimate of drug-likeness (QED) is 0.818. The lowest BCUT2D eigenvalue weighted by Gasteiger charge is -2.19. The van der Waals surface area contributed by atoms with Crippen molar-refractivity contribution in [3.8, 4) is 0 Å². The van der Waals surface area contributed by atoms with Crippen molar-refractivity contribution in [2.45, 2.75) is 20.8 Å². The van der Waals surface area contributed by atoms with Crippen LogP contribution in [-0.4, -0.2) is 11.8 Å². The molecule has 0 atom stereocenters. The van der Waals surface area contributed by atoms with E-state index in [0.29, 0.717) is 16.9 Å². The van der Waals surface area contributed by atoms with Crippen LogP contribution in [0.2, 0.25) is 0 Å². The van der Waals surface area contributed by atoms with Crippen molar-refractivity contribution in [2.75, 3.05) is 10.6 Å². The third-order valence-electron chi connectivity index (χ3n) is 3.20. The maximum atomic E-state index is 12.5. The van der Waals surface area contributed by atoms with Crippen LogP contribution in [-0.2, 0) is 4.79 Å². The first kappa shape index (κ1) is 17.2. The molecule has 2 aromatic carbocycles. The molecule has 0 aliphatic carbocycles. The summed E-state index contributed by atoms with van der Waals surface area (Å²) in [5.41, 5.74) is 1.08. The monoisotopic (exact) mass is 374 g/mol. The second-order valence-corrected chi connectivity index (χ2v) is 7.13. The number of hydrogen-bond acceptors (Lipinski definition) is 2. The largest absolute Gasteiger partial charge is 0.325 e. The summed E-state index contributed by atoms with van der Waals surface area (Å²) in [5.74, 6) is -0.404. The molecule has 0 heterocycles. The van der Waals surface area contributed by atoms with Gasteiger partial charge >= 0.3 is 0 Å². The summed E-state index contributed by atoms with van der Waals surface area (Å²) in [7, 11) is 0. The summed E-state index contributed by atoms with van der Waals surface area (Å²) in [5, 5.41) is 5.65. The highest BCUT2D eigenvalue weighted by Crippen LogP contribution is 2.22. The summed E-state index contributed by atoms with van der Waals surface area (Å²) in [6, 6.07) is 14.3. The molecule has 0 radical (unpaired) electrons. The summed E-state index contributed by atoms with van der Waals surface area (Å²) in [6.07, 6.45) is 0. The van der Waals surface area contributed by atoms with Gasteiger partial charge in [0.05, 0.1) is 11.3 Å². The van der Waals surface area contributed by atoms with E-state index in [4.69, 9.17) is 0 Å². The maximum Gasteiger partial charge on any atom is 0.257 e. The first-order valence-electron chi connectivity index (χ1n) is 7.25. The van der Waals surface area contributed by atoms with E-state index < -0.39 is 5.41 Å². The van der Waals surface area contributed by atoms with Crippen LogP contribution < -0.4 is 10.6 Å². The van der Waals surface area contributed by atoms with Gasteiger partial charge in [-0.1, -0.05) is 48.8 Å². The molecule has 2 N–H and O–H groups in total. The molecular weight excluding hydrogens is 356 g/mol. The highest BCUT2D eigenvalue weighted by atomic mass is 79.9. The molecule has 0 aliphatic rings. The number of benzene rings is 2. The van der Waals surface area contributed by atoms with Gasteiger partial charge < -0.3 is 10.6 Å². The van der Waals surface area contributed by atoms with E-state index >= 15 is 0 Å². The molecule has 0 saturated heterocycles. The van der Waals surface area contributed by atoms with E-state index in [9.17, 15) is 9.59 Å². The highest BCUT2D eigenvalue weighted by Gasteiger charge is 2.23. The van der Waals surface area contributed by atoms with Crippen LogP contribution >= 0.6 is 15.9 Å². The Morgan fingerprint density at radius 1 is 0.913 bits per heavy atom. The Morgan fingerprint density at radius 2 is 1.52 bits per heavy atom. The van der Waals surface area contributed by atoms with Crippen molar-refractivity contribution >= 4 is 39.1 Å². The molecule has 2 amide bonds. The molecule has 4 nitrogen and oxygen atoms in total. The zero-order valence-electron chi connectivity index (χ0n) is 13.3. The average Bonchev–Trinajstić information content (AvgIpc) is 2.49. The molecule has 23 heavy (non-hydrogen) atoms. The molecule has 0 bridgehead atoms. The molecule has 0 unspecified atom stereocenters. The van der Waals surface area contributed by atoms with E-state index in [1.807, 2.05) is 32.9 Å². The van der Waals surface area contributed by atoms with Gasteiger partial charge in [0.25, 0.3) is 5.91 Å². The summed E-state index contributed by atoms with van der Waals surface area (Å²) in [6.45, 7) is 5.48. The van der Waals surface area contributed by atoms with E-state index in [-0.39, 0.29) is 11.8 Å². The summed E-state index contributed by atoms with van der Waals surface area (Å²) in [4.78, 5) is 24.6. The number of amides is 2. The van der Waals surface area contributed by atoms with Gasteiger partial charge in [-0.25, -0.2) is 0 Å². The number of anilines is 2. The van der Waals surface area contributed by atoms with E-state index in [1.165, 1.54) is 0 Å². The van der Waals surface area contributed by atoms with Crippen LogP contribution in [0.1, 0.15) is 31.1 Å². The number of hydrogen-bond donors (Lipinski definition) is 2. The Labute approximate surface area is 144 Å². The standard InChI is InChI=1S/C18H19BrN2O2/c1-18(2,3)17(23)21-15-7-5-4-6-14(15)16(22)20-13-10-8-12(19)9-11-13/h4-11H,1-3H3,(H,20,22)(H,21,23). The topological polar surface area (TPSA) is 58.2 Å². The Bertz CT molecular complexity index is 719. The number of nitrogens with one attached hydrogen (secondary N) is 2. The van der Waals surface area contributed by atoms with Crippen LogP contribution in [0.25, 0.3) is 0 Å². The third kappa shape index (κ3) is 4.66. The fraction of sp³-hybridized carbons (Fsp3) is 0.222. The minimum Gasteiger partial charge on any atom is -0.325 e. The molecule has 0 saturated carbocycles. The lowest BCUT2D eigenvalue weighted by atomic mass is 9.95. The Hall–Kier alpha value is -2.14. The minimum absolute atomic E-state index is 0.138. The van der Waals surface area contributed by atoms with Gasteiger partial charge in [-0.2, -0.15) is 0 Å². The number of rotatable bonds is 3. The van der Waals surface area contributed by atoms with E-state index in [1.54, 1.807) is 36.4 Å². The Kier molecular flexibility index (Phi) is 5.21. The zero-order valence-corrected chi connectivity index (χ0v) is 14.9. The SMILES string of the molecule is CC(C)(C)C(=O)Nc1ccccc1C(=O)Nc1ccc(Br)cc1. The number of para-hydroxylation sites is 1. The molecule has 2 rings (SSSR count). The van der Waals surface area contributed by atoms with Gasteiger partial charge in [-0.15, -0.1) is 0 Å².